The van der Waals surface area contributed by atoms with Crippen LogP contribution in [-0.4, -0.2) is 55.3 Å². The van der Waals surface area contributed by atoms with Crippen LogP contribution in [0.3, 0.4) is 0 Å². The summed E-state index contributed by atoms with van der Waals surface area (Å²) in [4.78, 5) is 18.0. The Labute approximate surface area is 202 Å². The first-order chi connectivity index (χ1) is 14.7. The van der Waals surface area contributed by atoms with E-state index in [0.29, 0.717) is 18.4 Å². The van der Waals surface area contributed by atoms with Crippen LogP contribution >= 0.6 is 24.8 Å². The smallest absolute Gasteiger partial charge is 0.255 e. The molecule has 6 nitrogen and oxygen atoms in total. The Balaban J connectivity index is 0.00000144. The Morgan fingerprint density at radius 2 is 1.81 bits per heavy atom. The van der Waals surface area contributed by atoms with Crippen LogP contribution in [0.4, 0.5) is 5.69 Å². The fraction of sp³-hybridized carbons (Fsp3) is 0.542. The van der Waals surface area contributed by atoms with Crippen molar-refractivity contribution in [2.24, 2.45) is 5.92 Å². The first-order valence-corrected chi connectivity index (χ1v) is 11.4. The van der Waals surface area contributed by atoms with Crippen molar-refractivity contribution < 1.29 is 4.74 Å². The van der Waals surface area contributed by atoms with Crippen LogP contribution in [0, 0.1) is 5.92 Å². The molecule has 2 aromatic rings. The van der Waals surface area contributed by atoms with Crippen molar-refractivity contribution in [3.63, 3.8) is 0 Å². The molecule has 3 aliphatic heterocycles. The zero-order valence-electron chi connectivity index (χ0n) is 18.7. The number of rotatable bonds is 5. The molecule has 2 bridgehead atoms. The lowest BCUT2D eigenvalue weighted by molar-refractivity contribution is 0.240. The van der Waals surface area contributed by atoms with Crippen LogP contribution in [0.25, 0.3) is 0 Å². The van der Waals surface area contributed by atoms with E-state index in [1.54, 1.807) is 0 Å². The average molecular weight is 481 g/mol. The van der Waals surface area contributed by atoms with Crippen molar-refractivity contribution in [2.45, 2.75) is 32.4 Å². The highest BCUT2D eigenvalue weighted by Crippen LogP contribution is 2.32. The normalized spacial score (nSPS) is 22.3. The van der Waals surface area contributed by atoms with Crippen LogP contribution in [0.15, 0.2) is 41.2 Å². The molecular weight excluding hydrogens is 447 g/mol. The van der Waals surface area contributed by atoms with E-state index in [-0.39, 0.29) is 30.4 Å². The molecule has 5 rings (SSSR count). The maximum Gasteiger partial charge on any atom is 0.255 e. The van der Waals surface area contributed by atoms with Crippen LogP contribution in [-0.2, 0) is 13.1 Å². The van der Waals surface area contributed by atoms with Crippen LogP contribution in [0.1, 0.15) is 30.5 Å². The molecule has 1 aromatic heterocycles. The number of piperazine rings is 1. The van der Waals surface area contributed by atoms with Crippen molar-refractivity contribution in [3.05, 3.63) is 58.0 Å². The van der Waals surface area contributed by atoms with Crippen molar-refractivity contribution in [1.82, 2.24) is 14.8 Å². The first-order valence-electron chi connectivity index (χ1n) is 11.4. The third kappa shape index (κ3) is 4.93. The number of ether oxygens (including phenoxy) is 1. The van der Waals surface area contributed by atoms with Gasteiger partial charge in [-0.1, -0.05) is 18.2 Å². The number of nitrogens with one attached hydrogen (secondary N) is 1. The number of piperidine rings is 1. The van der Waals surface area contributed by atoms with Gasteiger partial charge in [-0.25, -0.2) is 0 Å². The minimum Gasteiger partial charge on any atom is -0.492 e. The Morgan fingerprint density at radius 1 is 1.03 bits per heavy atom. The molecule has 2 saturated heterocycles. The van der Waals surface area contributed by atoms with Crippen molar-refractivity contribution in [1.29, 1.82) is 0 Å². The van der Waals surface area contributed by atoms with Gasteiger partial charge in [0.05, 0.1) is 12.3 Å². The summed E-state index contributed by atoms with van der Waals surface area (Å²) in [6, 6.07) is 12.6. The SMILES string of the molecule is CCOc1ccccc1N1CCN(Cc2ccc3n(c2=O)C[C@@H]2CNC[C@H]3C2)CC1.Cl.Cl. The van der Waals surface area contributed by atoms with Crippen molar-refractivity contribution >= 4 is 30.5 Å². The zero-order valence-corrected chi connectivity index (χ0v) is 20.3. The molecule has 2 fully saturated rings. The molecule has 0 aliphatic carbocycles. The highest BCUT2D eigenvalue weighted by molar-refractivity contribution is 5.85. The second-order valence-electron chi connectivity index (χ2n) is 8.82. The van der Waals surface area contributed by atoms with E-state index in [1.165, 1.54) is 17.8 Å². The summed E-state index contributed by atoms with van der Waals surface area (Å²) in [5.41, 5.74) is 3.57. The number of pyridine rings is 1. The number of hydrogen-bond acceptors (Lipinski definition) is 5. The summed E-state index contributed by atoms with van der Waals surface area (Å²) in [6.07, 6.45) is 1.22. The standard InChI is InChI=1S/C24H32N4O2.2ClH/c1-2-30-23-6-4-3-5-22(23)27-11-9-26(10-12-27)17-19-7-8-21-20-13-18(14-25-15-20)16-28(21)24(19)29;;/h3-8,18,20,25H,2,9-17H2,1H3;2*1H/t18-,20+;;/m0../s1. The van der Waals surface area contributed by atoms with Crippen LogP contribution in [0.5, 0.6) is 5.75 Å². The topological polar surface area (TPSA) is 49.7 Å². The number of hydrogen-bond donors (Lipinski definition) is 1. The predicted molar refractivity (Wildman–Crippen MR) is 134 cm³/mol. The molecule has 0 amide bonds. The predicted octanol–water partition coefficient (Wildman–Crippen LogP) is 3.12. The maximum absolute atomic E-state index is 13.2. The van der Waals surface area contributed by atoms with Gasteiger partial charge in [-0.15, -0.1) is 24.8 Å². The zero-order chi connectivity index (χ0) is 20.5. The summed E-state index contributed by atoms with van der Waals surface area (Å²) in [6.45, 7) is 10.2. The number of aromatic nitrogens is 1. The third-order valence-electron chi connectivity index (χ3n) is 6.86. The Bertz CT molecular complexity index is 959. The van der Waals surface area contributed by atoms with Gasteiger partial charge in [0.1, 0.15) is 5.75 Å². The molecule has 32 heavy (non-hydrogen) atoms. The van der Waals surface area contributed by atoms with Gasteiger partial charge in [-0.2, -0.15) is 0 Å². The van der Waals surface area contributed by atoms with E-state index < -0.39 is 0 Å². The van der Waals surface area contributed by atoms with E-state index in [4.69, 9.17) is 4.74 Å². The number of nitrogens with zero attached hydrogens (tertiary/aromatic N) is 3. The minimum absolute atomic E-state index is 0. The number of benzene rings is 1. The Hall–Kier alpha value is -1.73. The lowest BCUT2D eigenvalue weighted by atomic mass is 9.84. The molecule has 4 heterocycles. The summed E-state index contributed by atoms with van der Waals surface area (Å²) >= 11 is 0. The van der Waals surface area contributed by atoms with Crippen molar-refractivity contribution in [3.8, 4) is 5.75 Å². The van der Waals surface area contributed by atoms with Crippen LogP contribution in [0.2, 0.25) is 0 Å². The highest BCUT2D eigenvalue weighted by Gasteiger charge is 2.31. The van der Waals surface area contributed by atoms with Gasteiger partial charge in [0.25, 0.3) is 5.56 Å². The molecule has 176 valence electrons. The molecule has 0 radical (unpaired) electrons. The molecule has 0 saturated carbocycles. The largest absolute Gasteiger partial charge is 0.492 e. The van der Waals surface area contributed by atoms with E-state index in [9.17, 15) is 4.79 Å². The minimum atomic E-state index is 0. The van der Waals surface area contributed by atoms with Gasteiger partial charge in [0.15, 0.2) is 0 Å². The quantitative estimate of drug-likeness (QED) is 0.712. The fourth-order valence-electron chi connectivity index (χ4n) is 5.34. The number of anilines is 1. The van der Waals surface area contributed by atoms with Crippen molar-refractivity contribution in [2.75, 3.05) is 50.8 Å². The molecule has 2 atom stereocenters. The van der Waals surface area contributed by atoms with Gasteiger partial charge in [0, 0.05) is 63.0 Å². The maximum atomic E-state index is 13.2. The second kappa shape index (κ2) is 10.9. The fourth-order valence-corrected chi connectivity index (χ4v) is 5.34. The van der Waals surface area contributed by atoms with Gasteiger partial charge in [-0.05, 0) is 44.0 Å². The van der Waals surface area contributed by atoms with E-state index in [2.05, 4.69) is 43.9 Å². The number of fused-ring (bicyclic) bond motifs is 4. The summed E-state index contributed by atoms with van der Waals surface area (Å²) in [7, 11) is 0. The summed E-state index contributed by atoms with van der Waals surface area (Å²) in [5, 5.41) is 3.52. The highest BCUT2D eigenvalue weighted by atomic mass is 35.5. The van der Waals surface area contributed by atoms with E-state index in [1.807, 2.05) is 19.1 Å². The molecular formula is C24H34Cl2N4O2. The molecule has 8 heteroatoms. The van der Waals surface area contributed by atoms with Crippen LogP contribution < -0.4 is 20.5 Å². The summed E-state index contributed by atoms with van der Waals surface area (Å²) < 4.78 is 7.88. The van der Waals surface area contributed by atoms with E-state index in [0.717, 1.165) is 63.7 Å². The van der Waals surface area contributed by atoms with E-state index >= 15 is 0 Å². The first kappa shape index (κ1) is 24.9. The number of halogens is 2. The average Bonchev–Trinajstić information content (AvgIpc) is 2.78. The monoisotopic (exact) mass is 480 g/mol. The third-order valence-corrected chi connectivity index (χ3v) is 6.86. The van der Waals surface area contributed by atoms with Gasteiger partial charge in [-0.3, -0.25) is 9.69 Å². The molecule has 1 N–H and O–H groups in total. The summed E-state index contributed by atoms with van der Waals surface area (Å²) in [5.74, 6) is 2.05. The van der Waals surface area contributed by atoms with Gasteiger partial charge >= 0.3 is 0 Å². The molecule has 3 aliphatic rings. The second-order valence-corrected chi connectivity index (χ2v) is 8.82. The molecule has 1 aromatic carbocycles. The lowest BCUT2D eigenvalue weighted by Gasteiger charge is -2.38. The van der Waals surface area contributed by atoms with Gasteiger partial charge in [0.2, 0.25) is 0 Å². The lowest BCUT2D eigenvalue weighted by Crippen LogP contribution is -2.48. The number of para-hydroxylation sites is 2. The molecule has 0 spiro atoms. The Kier molecular flexibility index (Phi) is 8.50. The molecule has 0 unspecified atom stereocenters. The van der Waals surface area contributed by atoms with Gasteiger partial charge < -0.3 is 19.5 Å². The Morgan fingerprint density at radius 3 is 2.59 bits per heavy atom.